The quantitative estimate of drug-likeness (QED) is 0.155. The molecule has 1 aromatic heterocycles. The third-order valence-electron chi connectivity index (χ3n) is 6.31. The number of rotatable bonds is 13. The summed E-state index contributed by atoms with van der Waals surface area (Å²) in [6.45, 7) is 0.299. The van der Waals surface area contributed by atoms with E-state index in [1.807, 2.05) is 42.5 Å². The molecule has 12 heteroatoms. The molecule has 0 saturated carbocycles. The molecule has 0 unspecified atom stereocenters. The number of halogens is 3. The van der Waals surface area contributed by atoms with Gasteiger partial charge in [-0.3, -0.25) is 14.6 Å². The Bertz CT molecular complexity index is 1620. The van der Waals surface area contributed by atoms with E-state index in [0.29, 0.717) is 23.7 Å². The number of alkyl halides is 3. The van der Waals surface area contributed by atoms with Crippen LogP contribution in [0.4, 0.5) is 13.2 Å². The first-order chi connectivity index (χ1) is 21.6. The molecule has 2 amide bonds. The van der Waals surface area contributed by atoms with Crippen LogP contribution in [0.2, 0.25) is 0 Å². The van der Waals surface area contributed by atoms with Gasteiger partial charge in [-0.15, -0.1) is 0 Å². The highest BCUT2D eigenvalue weighted by atomic mass is 32.2. The topological polar surface area (TPSA) is 118 Å². The summed E-state index contributed by atoms with van der Waals surface area (Å²) < 4.78 is 44.7. The average Bonchev–Trinajstić information content (AvgIpc) is 3.04. The number of aromatic nitrogens is 1. The molecule has 3 aromatic carbocycles. The lowest BCUT2D eigenvalue weighted by Crippen LogP contribution is -2.45. The van der Waals surface area contributed by atoms with Crippen molar-refractivity contribution < 1.29 is 37.4 Å². The van der Waals surface area contributed by atoms with Gasteiger partial charge in [0, 0.05) is 29.5 Å². The van der Waals surface area contributed by atoms with Crippen molar-refractivity contribution in [3.63, 3.8) is 0 Å². The van der Waals surface area contributed by atoms with Crippen LogP contribution in [0.25, 0.3) is 6.08 Å². The summed E-state index contributed by atoms with van der Waals surface area (Å²) in [7, 11) is 0. The molecule has 0 fully saturated rings. The maximum Gasteiger partial charge on any atom is 0.416 e. The Hall–Kier alpha value is -5.10. The molecule has 8 nitrogen and oxygen atoms in total. The summed E-state index contributed by atoms with van der Waals surface area (Å²) in [4.78, 5) is 42.2. The molecular formula is C33H28F3N3O5S. The Morgan fingerprint density at radius 2 is 1.56 bits per heavy atom. The summed E-state index contributed by atoms with van der Waals surface area (Å²) >= 11 is 1.31. The van der Waals surface area contributed by atoms with E-state index in [4.69, 9.17) is 4.74 Å². The summed E-state index contributed by atoms with van der Waals surface area (Å²) in [5.74, 6) is -1.92. The molecule has 0 aliphatic carbocycles. The SMILES string of the molecule is O=C(N[C@@H](CSCc1ccccc1)C(=O)O)/C(=C\c1ccc(OCc2ccncc2)cc1)NC(=O)c1ccc(C(F)(F)F)cc1. The predicted molar refractivity (Wildman–Crippen MR) is 164 cm³/mol. The highest BCUT2D eigenvalue weighted by Crippen LogP contribution is 2.29. The number of hydrogen-bond acceptors (Lipinski definition) is 6. The zero-order valence-corrected chi connectivity index (χ0v) is 24.5. The van der Waals surface area contributed by atoms with E-state index in [1.54, 1.807) is 36.7 Å². The zero-order valence-electron chi connectivity index (χ0n) is 23.7. The molecule has 4 rings (SSSR count). The second kappa shape index (κ2) is 15.6. The van der Waals surface area contributed by atoms with E-state index in [0.717, 1.165) is 35.4 Å². The van der Waals surface area contributed by atoms with Crippen molar-refractivity contribution in [3.8, 4) is 5.75 Å². The number of ether oxygens (including phenoxy) is 1. The lowest BCUT2D eigenvalue weighted by Gasteiger charge is -2.17. The smallest absolute Gasteiger partial charge is 0.416 e. The second-order valence-electron chi connectivity index (χ2n) is 9.67. The summed E-state index contributed by atoms with van der Waals surface area (Å²) in [6, 6.07) is 21.8. The van der Waals surface area contributed by atoms with Crippen LogP contribution in [-0.4, -0.2) is 39.7 Å². The maximum atomic E-state index is 13.3. The van der Waals surface area contributed by atoms with Gasteiger partial charge in [-0.05, 0) is 71.3 Å². The standard InChI is InChI=1S/C33H28F3N3O5S/c34-33(35,36)26-10-8-25(9-11-26)30(40)38-28(18-22-6-12-27(13-7-22)44-19-23-14-16-37-17-15-23)31(41)39-29(32(42)43)21-45-20-24-4-2-1-3-5-24/h1-18,29H,19-21H2,(H,38,40)(H,39,41)(H,42,43)/b28-18+/t29-/m0/s1. The molecule has 1 heterocycles. The lowest BCUT2D eigenvalue weighted by atomic mass is 10.1. The van der Waals surface area contributed by atoms with Gasteiger partial charge in [-0.25, -0.2) is 4.79 Å². The molecule has 0 radical (unpaired) electrons. The minimum absolute atomic E-state index is 0.0413. The van der Waals surface area contributed by atoms with Gasteiger partial charge in [0.05, 0.1) is 5.56 Å². The molecule has 1 atom stereocenters. The number of benzene rings is 3. The van der Waals surface area contributed by atoms with Crippen molar-refractivity contribution in [3.05, 3.63) is 137 Å². The van der Waals surface area contributed by atoms with E-state index < -0.39 is 35.6 Å². The number of carbonyl (C=O) groups is 3. The fourth-order valence-electron chi connectivity index (χ4n) is 3.92. The number of carboxylic acids is 1. The first kappa shape index (κ1) is 32.8. The maximum absolute atomic E-state index is 13.3. The number of nitrogens with one attached hydrogen (secondary N) is 2. The van der Waals surface area contributed by atoms with Crippen molar-refractivity contribution in [2.24, 2.45) is 0 Å². The molecule has 232 valence electrons. The first-order valence-corrected chi connectivity index (χ1v) is 14.7. The number of thioether (sulfide) groups is 1. The third kappa shape index (κ3) is 10.2. The molecule has 45 heavy (non-hydrogen) atoms. The Kier molecular flexibility index (Phi) is 11.4. The number of aliphatic carboxylic acids is 1. The van der Waals surface area contributed by atoms with Gasteiger partial charge >= 0.3 is 12.1 Å². The van der Waals surface area contributed by atoms with Gasteiger partial charge in [0.15, 0.2) is 0 Å². The Labute approximate surface area is 261 Å². The molecule has 0 bridgehead atoms. The summed E-state index contributed by atoms with van der Waals surface area (Å²) in [5.41, 5.74) is 0.995. The Balaban J connectivity index is 1.50. The Morgan fingerprint density at radius 1 is 0.889 bits per heavy atom. The van der Waals surface area contributed by atoms with Crippen LogP contribution in [0.15, 0.2) is 109 Å². The first-order valence-electron chi connectivity index (χ1n) is 13.6. The second-order valence-corrected chi connectivity index (χ2v) is 10.7. The fourth-order valence-corrected chi connectivity index (χ4v) is 4.92. The van der Waals surface area contributed by atoms with E-state index in [2.05, 4.69) is 15.6 Å². The predicted octanol–water partition coefficient (Wildman–Crippen LogP) is 5.95. The van der Waals surface area contributed by atoms with Crippen LogP contribution < -0.4 is 15.4 Å². The van der Waals surface area contributed by atoms with Crippen LogP contribution in [0.3, 0.4) is 0 Å². The van der Waals surface area contributed by atoms with E-state index >= 15 is 0 Å². The number of nitrogens with zero attached hydrogens (tertiary/aromatic N) is 1. The minimum Gasteiger partial charge on any atom is -0.489 e. The summed E-state index contributed by atoms with van der Waals surface area (Å²) in [5, 5.41) is 14.6. The average molecular weight is 636 g/mol. The van der Waals surface area contributed by atoms with Gasteiger partial charge in [-0.2, -0.15) is 24.9 Å². The monoisotopic (exact) mass is 635 g/mol. The van der Waals surface area contributed by atoms with Gasteiger partial charge in [0.25, 0.3) is 11.8 Å². The third-order valence-corrected chi connectivity index (χ3v) is 7.42. The summed E-state index contributed by atoms with van der Waals surface area (Å²) in [6.07, 6.45) is 0.0442. The number of hydrogen-bond donors (Lipinski definition) is 3. The largest absolute Gasteiger partial charge is 0.489 e. The molecule has 0 aliphatic heterocycles. The number of pyridine rings is 1. The lowest BCUT2D eigenvalue weighted by molar-refractivity contribution is -0.140. The number of carbonyl (C=O) groups excluding carboxylic acids is 2. The van der Waals surface area contributed by atoms with E-state index in [-0.39, 0.29) is 17.0 Å². The molecule has 0 spiro atoms. The molecule has 4 aromatic rings. The van der Waals surface area contributed by atoms with Gasteiger partial charge in [0.2, 0.25) is 0 Å². The van der Waals surface area contributed by atoms with Gasteiger partial charge in [0.1, 0.15) is 24.1 Å². The van der Waals surface area contributed by atoms with Crippen LogP contribution in [0.5, 0.6) is 5.75 Å². The van der Waals surface area contributed by atoms with Crippen molar-refractivity contribution >= 4 is 35.6 Å². The van der Waals surface area contributed by atoms with Crippen molar-refractivity contribution in [2.75, 3.05) is 5.75 Å². The fraction of sp³-hybridized carbons (Fsp3) is 0.152. The number of amides is 2. The van der Waals surface area contributed by atoms with Gasteiger partial charge < -0.3 is 20.5 Å². The highest BCUT2D eigenvalue weighted by molar-refractivity contribution is 7.98. The highest BCUT2D eigenvalue weighted by Gasteiger charge is 2.30. The van der Waals surface area contributed by atoms with Crippen LogP contribution in [0, 0.1) is 0 Å². The van der Waals surface area contributed by atoms with Crippen LogP contribution in [-0.2, 0) is 28.1 Å². The number of carboxylic acid groups (broad SMARTS) is 1. The van der Waals surface area contributed by atoms with E-state index in [9.17, 15) is 32.7 Å². The van der Waals surface area contributed by atoms with E-state index in [1.165, 1.54) is 17.8 Å². The molecular weight excluding hydrogens is 607 g/mol. The van der Waals surface area contributed by atoms with Gasteiger partial charge in [-0.1, -0.05) is 42.5 Å². The minimum atomic E-state index is -4.58. The molecule has 0 aliphatic rings. The Morgan fingerprint density at radius 3 is 2.18 bits per heavy atom. The normalized spacial score (nSPS) is 12.2. The molecule has 3 N–H and O–H groups in total. The van der Waals surface area contributed by atoms with Crippen LogP contribution in [0.1, 0.15) is 32.6 Å². The van der Waals surface area contributed by atoms with Crippen molar-refractivity contribution in [1.29, 1.82) is 0 Å². The van der Waals surface area contributed by atoms with Crippen molar-refractivity contribution in [2.45, 2.75) is 24.6 Å². The zero-order chi connectivity index (χ0) is 32.2. The molecule has 0 saturated heterocycles. The van der Waals surface area contributed by atoms with Crippen molar-refractivity contribution in [1.82, 2.24) is 15.6 Å². The van der Waals surface area contributed by atoms with Crippen LogP contribution >= 0.6 is 11.8 Å².